The zero-order valence-corrected chi connectivity index (χ0v) is 27.5. The number of amides is 4. The van der Waals surface area contributed by atoms with E-state index in [4.69, 9.17) is 4.74 Å². The molecule has 0 saturated heterocycles. The fraction of sp³-hybridized carbons (Fsp3) is 0.143. The lowest BCUT2D eigenvalue weighted by Gasteiger charge is -2.30. The monoisotopic (exact) mass is 660 g/mol. The van der Waals surface area contributed by atoms with Crippen LogP contribution in [0.2, 0.25) is 0 Å². The Kier molecular flexibility index (Phi) is 7.17. The molecule has 0 atom stereocenters. The number of ether oxygens (including phenoxy) is 1. The van der Waals surface area contributed by atoms with Gasteiger partial charge in [0.1, 0.15) is 5.75 Å². The van der Waals surface area contributed by atoms with Crippen molar-refractivity contribution in [1.82, 2.24) is 9.80 Å². The number of methoxy groups -OCH3 is 1. The minimum atomic E-state index is -0.312. The number of aryl methyl sites for hydroxylation is 1. The second-order valence-corrected chi connectivity index (χ2v) is 13.0. The molecule has 7 aromatic carbocycles. The first-order chi connectivity index (χ1) is 23.8. The Bertz CT molecular complexity index is 2450. The highest BCUT2D eigenvalue weighted by Crippen LogP contribution is 2.46. The normalized spacial score (nSPS) is 14.0. The van der Waals surface area contributed by atoms with Gasteiger partial charge in [0, 0.05) is 46.1 Å². The molecule has 2 aliphatic heterocycles. The first-order valence-electron chi connectivity index (χ1n) is 16.4. The number of carbonyl (C=O) groups excluding carboxylic acids is 4. The van der Waals surface area contributed by atoms with Gasteiger partial charge in [0.15, 0.2) is 0 Å². The minimum Gasteiger partial charge on any atom is -0.497 e. The highest BCUT2D eigenvalue weighted by molar-refractivity contribution is 6.41. The van der Waals surface area contributed by atoms with Crippen LogP contribution >= 0.6 is 0 Å². The molecule has 0 unspecified atom stereocenters. The van der Waals surface area contributed by atoms with Gasteiger partial charge in [0.25, 0.3) is 23.6 Å². The molecule has 0 spiro atoms. The van der Waals surface area contributed by atoms with Crippen LogP contribution in [-0.4, -0.2) is 59.1 Å². The predicted octanol–water partition coefficient (Wildman–Crippen LogP) is 6.91. The summed E-state index contributed by atoms with van der Waals surface area (Å²) in [5, 5.41) is 6.51. The molecule has 246 valence electrons. The van der Waals surface area contributed by atoms with E-state index in [1.807, 2.05) is 104 Å². The molecule has 7 aromatic rings. The zero-order chi connectivity index (χ0) is 33.6. The molecule has 8 heteroatoms. The third kappa shape index (κ3) is 4.42. The maximum absolute atomic E-state index is 13.9. The van der Waals surface area contributed by atoms with Gasteiger partial charge in [0.2, 0.25) is 0 Å². The van der Waals surface area contributed by atoms with E-state index in [0.717, 1.165) is 54.8 Å². The number of hydrogen-bond acceptors (Lipinski definition) is 5. The lowest BCUT2D eigenvalue weighted by atomic mass is 9.82. The van der Waals surface area contributed by atoms with Crippen LogP contribution in [0.3, 0.4) is 0 Å². The summed E-state index contributed by atoms with van der Waals surface area (Å²) in [5.41, 5.74) is 5.22. The second-order valence-electron chi connectivity index (χ2n) is 13.0. The van der Waals surface area contributed by atoms with Crippen molar-refractivity contribution in [3.05, 3.63) is 136 Å². The van der Waals surface area contributed by atoms with Crippen LogP contribution in [0, 0.1) is 6.92 Å². The van der Waals surface area contributed by atoms with Crippen LogP contribution in [0.5, 0.6) is 5.75 Å². The molecule has 0 saturated carbocycles. The molecule has 0 fully saturated rings. The average molecular weight is 661 g/mol. The van der Waals surface area contributed by atoms with Crippen LogP contribution in [0.4, 0.5) is 0 Å². The summed E-state index contributed by atoms with van der Waals surface area (Å²) in [5.74, 6) is -0.468. The highest BCUT2D eigenvalue weighted by Gasteiger charge is 2.36. The van der Waals surface area contributed by atoms with Crippen molar-refractivity contribution >= 4 is 66.7 Å². The van der Waals surface area contributed by atoms with E-state index in [1.165, 1.54) is 9.80 Å². The SMILES string of the molecule is COc1ccc(CCN2C(=O)c3ccc4c5ccc6c7c(ccc(c8ccc(c3c48)C2=O)c75)C(=O)N(CCc2ccc(C)cc2)C6=O)cc1.O. The van der Waals surface area contributed by atoms with Crippen molar-refractivity contribution in [2.75, 3.05) is 20.2 Å². The molecule has 2 aliphatic rings. The number of rotatable bonds is 7. The van der Waals surface area contributed by atoms with E-state index < -0.39 is 0 Å². The van der Waals surface area contributed by atoms with Crippen molar-refractivity contribution in [3.8, 4) is 5.75 Å². The molecule has 0 aliphatic carbocycles. The quantitative estimate of drug-likeness (QED) is 0.105. The first kappa shape index (κ1) is 31.2. The molecule has 0 radical (unpaired) electrons. The Hall–Kier alpha value is -6.12. The van der Waals surface area contributed by atoms with Gasteiger partial charge in [-0.05, 0) is 99.6 Å². The van der Waals surface area contributed by atoms with E-state index in [-0.39, 0.29) is 42.2 Å². The van der Waals surface area contributed by atoms with Gasteiger partial charge in [-0.2, -0.15) is 0 Å². The Morgan fingerprint density at radius 1 is 0.460 bits per heavy atom. The first-order valence-corrected chi connectivity index (χ1v) is 16.4. The van der Waals surface area contributed by atoms with Crippen molar-refractivity contribution in [2.24, 2.45) is 0 Å². The van der Waals surface area contributed by atoms with E-state index >= 15 is 0 Å². The largest absolute Gasteiger partial charge is 0.497 e. The van der Waals surface area contributed by atoms with Crippen molar-refractivity contribution < 1.29 is 29.4 Å². The van der Waals surface area contributed by atoms with Crippen LogP contribution < -0.4 is 4.74 Å². The molecule has 0 bridgehead atoms. The maximum Gasteiger partial charge on any atom is 0.261 e. The fourth-order valence-electron chi connectivity index (χ4n) is 7.80. The highest BCUT2D eigenvalue weighted by atomic mass is 16.5. The molecule has 2 N–H and O–H groups in total. The Morgan fingerprint density at radius 3 is 1.14 bits per heavy atom. The van der Waals surface area contributed by atoms with Crippen molar-refractivity contribution in [3.63, 3.8) is 0 Å². The standard InChI is InChI=1S/C42H30N2O5.H2O/c1-23-3-5-24(6-4-23)19-21-43-39(45)31-15-11-27-29-13-17-33-38-34(42(48)44(41(33)47)22-20-25-7-9-26(49-2)10-8-25)18-14-30(36(29)38)28-12-16-32(40(43)46)37(31)35(27)28;/h3-18H,19-22H2,1-2H3;1H2. The predicted molar refractivity (Wildman–Crippen MR) is 194 cm³/mol. The summed E-state index contributed by atoms with van der Waals surface area (Å²) in [6.45, 7) is 2.57. The van der Waals surface area contributed by atoms with Crippen LogP contribution in [0.1, 0.15) is 58.1 Å². The Morgan fingerprint density at radius 2 is 0.800 bits per heavy atom. The second kappa shape index (κ2) is 11.5. The van der Waals surface area contributed by atoms with Gasteiger partial charge in [-0.3, -0.25) is 29.0 Å². The summed E-state index contributed by atoms with van der Waals surface area (Å²) in [4.78, 5) is 58.3. The molecule has 4 amide bonds. The molecule has 0 aromatic heterocycles. The summed E-state index contributed by atoms with van der Waals surface area (Å²) in [6.07, 6.45) is 1.10. The molecule has 2 heterocycles. The van der Waals surface area contributed by atoms with Crippen LogP contribution in [-0.2, 0) is 12.8 Å². The van der Waals surface area contributed by atoms with Gasteiger partial charge in [0.05, 0.1) is 7.11 Å². The lowest BCUT2D eigenvalue weighted by Crippen LogP contribution is -2.41. The maximum atomic E-state index is 13.9. The molecule has 50 heavy (non-hydrogen) atoms. The van der Waals surface area contributed by atoms with Crippen LogP contribution in [0.15, 0.2) is 97.1 Å². The summed E-state index contributed by atoms with van der Waals surface area (Å²) < 4.78 is 5.25. The number of nitrogens with zero attached hydrogens (tertiary/aromatic N) is 2. The smallest absolute Gasteiger partial charge is 0.261 e. The van der Waals surface area contributed by atoms with Gasteiger partial charge in [-0.15, -0.1) is 0 Å². The van der Waals surface area contributed by atoms with Gasteiger partial charge < -0.3 is 10.2 Å². The number of carbonyl (C=O) groups is 4. The lowest BCUT2D eigenvalue weighted by molar-refractivity contribution is 0.0597. The molecule has 9 rings (SSSR count). The number of fused-ring (bicyclic) bond motifs is 2. The summed E-state index contributed by atoms with van der Waals surface area (Å²) in [7, 11) is 1.61. The number of hydrogen-bond donors (Lipinski definition) is 0. The average Bonchev–Trinajstić information content (AvgIpc) is 3.13. The van der Waals surface area contributed by atoms with Crippen molar-refractivity contribution in [1.29, 1.82) is 0 Å². The zero-order valence-electron chi connectivity index (χ0n) is 27.5. The van der Waals surface area contributed by atoms with Gasteiger partial charge in [-0.1, -0.05) is 66.2 Å². The number of imide groups is 2. The Balaban J connectivity index is 0.00000361. The van der Waals surface area contributed by atoms with Gasteiger partial charge in [-0.25, -0.2) is 0 Å². The molecule has 8 nitrogen and oxygen atoms in total. The van der Waals surface area contributed by atoms with E-state index in [1.54, 1.807) is 7.11 Å². The molecular formula is C42H32N2O6. The van der Waals surface area contributed by atoms with E-state index in [2.05, 4.69) is 0 Å². The third-order valence-corrected chi connectivity index (χ3v) is 10.3. The summed E-state index contributed by atoms with van der Waals surface area (Å²) >= 11 is 0. The van der Waals surface area contributed by atoms with Crippen molar-refractivity contribution in [2.45, 2.75) is 19.8 Å². The minimum absolute atomic E-state index is 0. The Labute approximate surface area is 287 Å². The van der Waals surface area contributed by atoms with E-state index in [0.29, 0.717) is 45.9 Å². The fourth-order valence-corrected chi connectivity index (χ4v) is 7.80. The molecular weight excluding hydrogens is 628 g/mol. The van der Waals surface area contributed by atoms with Gasteiger partial charge >= 0.3 is 0 Å². The van der Waals surface area contributed by atoms with E-state index in [9.17, 15) is 19.2 Å². The van der Waals surface area contributed by atoms with Crippen LogP contribution in [0.25, 0.3) is 43.1 Å². The topological polar surface area (TPSA) is 115 Å². The third-order valence-electron chi connectivity index (χ3n) is 10.3. The summed E-state index contributed by atoms with van der Waals surface area (Å²) in [6, 6.07) is 30.8. The number of benzene rings is 7.